The van der Waals surface area contributed by atoms with Crippen molar-refractivity contribution in [3.05, 3.63) is 71.4 Å². The Morgan fingerprint density at radius 2 is 1.78 bits per heavy atom. The summed E-state index contributed by atoms with van der Waals surface area (Å²) in [6.07, 6.45) is 10.5. The zero-order chi connectivity index (χ0) is 28.6. The predicted molar refractivity (Wildman–Crippen MR) is 168 cm³/mol. The topological polar surface area (TPSA) is 92.3 Å². The second-order valence-corrected chi connectivity index (χ2v) is 24.3. The van der Waals surface area contributed by atoms with E-state index in [1.165, 1.54) is 43.1 Å². The Bertz CT molecular complexity index is 1330. The Hall–Kier alpha value is -2.37. The summed E-state index contributed by atoms with van der Waals surface area (Å²) in [4.78, 5) is 33.5. The molecule has 1 saturated carbocycles. The summed E-state index contributed by atoms with van der Waals surface area (Å²) in [6.45, 7) is 6.37. The normalized spacial score (nSPS) is 17.8. The molecule has 2 aliphatic rings. The summed E-state index contributed by atoms with van der Waals surface area (Å²) < 4.78 is 2.49. The zero-order valence-electron chi connectivity index (χ0n) is 24.4. The van der Waals surface area contributed by atoms with E-state index in [1.54, 1.807) is 0 Å². The second-order valence-electron chi connectivity index (χ2n) is 12.1. The third-order valence-corrected chi connectivity index (χ3v) is 22.0. The number of aldehydes is 1. The summed E-state index contributed by atoms with van der Waals surface area (Å²) in [6, 6.07) is 16.8. The van der Waals surface area contributed by atoms with Gasteiger partial charge in [-0.3, -0.25) is 0 Å². The van der Waals surface area contributed by atoms with Crippen LogP contribution in [0.15, 0.2) is 54.7 Å². The third-order valence-electron chi connectivity index (χ3n) is 9.20. The number of nitrogens with one attached hydrogen (secondary N) is 3. The van der Waals surface area contributed by atoms with Crippen molar-refractivity contribution in [1.29, 1.82) is 5.41 Å². The summed E-state index contributed by atoms with van der Waals surface area (Å²) in [7, 11) is 0. The molecule has 1 atom stereocenters. The molecule has 41 heavy (non-hydrogen) atoms. The number of H-pyrrole nitrogens is 1. The van der Waals surface area contributed by atoms with Crippen LogP contribution in [0.2, 0.25) is 3.98 Å². The number of para-hydroxylation sites is 1. The third kappa shape index (κ3) is 8.14. The van der Waals surface area contributed by atoms with Gasteiger partial charge in [0.2, 0.25) is 0 Å². The number of benzene rings is 2. The van der Waals surface area contributed by atoms with Gasteiger partial charge < -0.3 is 0 Å². The SMILES string of the molecule is C[C](=N)[Tl]([CH2]c1ccccc1C=O)[CH2][C@@H](Cc1c[nH]c2ccccc12)NC(=O)CN1CCN(C2CCCCC2)CC1. The Morgan fingerprint density at radius 3 is 2.54 bits per heavy atom. The first-order chi connectivity index (χ1) is 20.0. The number of amides is 1. The van der Waals surface area contributed by atoms with Gasteiger partial charge in [-0.05, 0) is 0 Å². The molecule has 5 rings (SSSR count). The first-order valence-electron chi connectivity index (χ1n) is 15.4. The molecule has 7 nitrogen and oxygen atoms in total. The molecular formula is C33H44N5O2Tl. The molecule has 0 unspecified atom stereocenters. The summed E-state index contributed by atoms with van der Waals surface area (Å²) >= 11 is -2.78. The van der Waals surface area contributed by atoms with Gasteiger partial charge in [0, 0.05) is 0 Å². The summed E-state index contributed by atoms with van der Waals surface area (Å²) in [5.74, 6) is 0.0871. The molecule has 3 aromatic rings. The fraction of sp³-hybridized carbons (Fsp3) is 0.485. The summed E-state index contributed by atoms with van der Waals surface area (Å²) in [5, 5.41) is 13.3. The Kier molecular flexibility index (Phi) is 10.8. The van der Waals surface area contributed by atoms with Gasteiger partial charge in [-0.1, -0.05) is 6.42 Å². The molecule has 8 heteroatoms. The quantitative estimate of drug-likeness (QED) is 0.141. The van der Waals surface area contributed by atoms with Gasteiger partial charge in [-0.15, -0.1) is 0 Å². The van der Waals surface area contributed by atoms with Crippen LogP contribution in [0.1, 0.15) is 60.5 Å². The zero-order valence-corrected chi connectivity index (χ0v) is 28.9. The number of rotatable bonds is 12. The molecule has 1 aromatic heterocycles. The van der Waals surface area contributed by atoms with E-state index in [2.05, 4.69) is 44.5 Å². The van der Waals surface area contributed by atoms with Crippen LogP contribution in [0.5, 0.6) is 0 Å². The maximum atomic E-state index is 13.5. The average molecular weight is 747 g/mol. The monoisotopic (exact) mass is 747 g/mol. The van der Waals surface area contributed by atoms with Crippen molar-refractivity contribution in [2.75, 3.05) is 32.7 Å². The molecule has 1 amide bonds. The van der Waals surface area contributed by atoms with Crippen LogP contribution in [-0.2, 0) is 15.2 Å². The first-order valence-corrected chi connectivity index (χ1v) is 24.0. The fourth-order valence-electron chi connectivity index (χ4n) is 6.83. The second kappa shape index (κ2) is 14.7. The number of carbonyl (C=O) groups is 2. The van der Waals surface area contributed by atoms with E-state index in [0.717, 1.165) is 72.8 Å². The van der Waals surface area contributed by atoms with E-state index >= 15 is 0 Å². The van der Waals surface area contributed by atoms with Crippen LogP contribution in [0.4, 0.5) is 0 Å². The van der Waals surface area contributed by atoms with Crippen LogP contribution in [0, 0.1) is 5.41 Å². The van der Waals surface area contributed by atoms with Crippen molar-refractivity contribution < 1.29 is 9.59 Å². The molecule has 2 heterocycles. The Labute approximate surface area is 252 Å². The van der Waals surface area contributed by atoms with Gasteiger partial charge >= 0.3 is 247 Å². The number of aromatic nitrogens is 1. The Morgan fingerprint density at radius 1 is 1.05 bits per heavy atom. The minimum atomic E-state index is -2.78. The van der Waals surface area contributed by atoms with Crippen molar-refractivity contribution in [3.8, 4) is 0 Å². The van der Waals surface area contributed by atoms with E-state index in [9.17, 15) is 9.59 Å². The molecule has 2 aromatic carbocycles. The molecule has 0 bridgehead atoms. The molecule has 0 spiro atoms. The van der Waals surface area contributed by atoms with Crippen molar-refractivity contribution in [1.82, 2.24) is 20.1 Å². The number of hydrogen-bond donors (Lipinski definition) is 3. The van der Waals surface area contributed by atoms with Crippen molar-refractivity contribution in [3.63, 3.8) is 0 Å². The summed E-state index contributed by atoms with van der Waals surface area (Å²) in [5.41, 5.74) is 4.08. The molecule has 216 valence electrons. The fourth-order valence-corrected chi connectivity index (χ4v) is 17.3. The van der Waals surface area contributed by atoms with Crippen molar-refractivity contribution >= 4 is 49.1 Å². The number of carbonyl (C=O) groups excluding carboxylic acids is 2. The molecule has 1 saturated heterocycles. The van der Waals surface area contributed by atoms with E-state index < -0.39 is 22.7 Å². The van der Waals surface area contributed by atoms with E-state index in [1.807, 2.05) is 37.3 Å². The number of nitrogens with zero attached hydrogens (tertiary/aromatic N) is 2. The van der Waals surface area contributed by atoms with Crippen LogP contribution >= 0.6 is 0 Å². The number of piperazine rings is 1. The first kappa shape index (κ1) is 30.1. The molecule has 1 aliphatic heterocycles. The van der Waals surface area contributed by atoms with Crippen LogP contribution in [0.3, 0.4) is 0 Å². The van der Waals surface area contributed by atoms with Gasteiger partial charge in [0.15, 0.2) is 0 Å². The van der Waals surface area contributed by atoms with Crippen molar-refractivity contribution in [2.45, 2.75) is 65.5 Å². The molecule has 3 N–H and O–H groups in total. The van der Waals surface area contributed by atoms with E-state index in [-0.39, 0.29) is 11.9 Å². The minimum absolute atomic E-state index is 0.0272. The predicted octanol–water partition coefficient (Wildman–Crippen LogP) is 4.81. The molecule has 1 aliphatic carbocycles. The number of hydrogen-bond acceptors (Lipinski definition) is 5. The van der Waals surface area contributed by atoms with Gasteiger partial charge in [-0.25, -0.2) is 0 Å². The van der Waals surface area contributed by atoms with E-state index in [0.29, 0.717) is 6.54 Å². The number of aromatic amines is 1. The standard InChI is InChI=1S/C23H33N4O.C8H7O.C2H4N.Tl/c1-18(15-19-16-24-22-10-6-5-9-21(19)22)25-23(28)17-26-11-13-27(14-12-26)20-7-3-2-4-8-20;1-7-4-2-3-5-8(7)6-9;1-2-3;/h5-6,9-10,16,18,20,24H,1-4,7-8,11-15,17H2,(H,25,28);2-6H,1H2;3H,1H3;/t18-;;;/m0.../s1. The van der Waals surface area contributed by atoms with Gasteiger partial charge in [-0.2, -0.15) is 0 Å². The Balaban J connectivity index is 1.26. The van der Waals surface area contributed by atoms with Crippen LogP contribution in [-0.4, -0.2) is 97.8 Å². The van der Waals surface area contributed by atoms with Crippen LogP contribution < -0.4 is 5.32 Å². The number of fused-ring (bicyclic) bond motifs is 1. The van der Waals surface area contributed by atoms with Gasteiger partial charge in [0.05, 0.1) is 0 Å². The average Bonchev–Trinajstić information content (AvgIpc) is 3.40. The van der Waals surface area contributed by atoms with Crippen molar-refractivity contribution in [2.24, 2.45) is 0 Å². The molecular weight excluding hydrogens is 703 g/mol. The van der Waals surface area contributed by atoms with Crippen LogP contribution in [0.25, 0.3) is 10.9 Å². The maximum absolute atomic E-state index is 13.5. The molecule has 2 fully saturated rings. The molecule has 0 radical (unpaired) electrons. The van der Waals surface area contributed by atoms with Gasteiger partial charge in [0.1, 0.15) is 0 Å². The van der Waals surface area contributed by atoms with Gasteiger partial charge in [0.25, 0.3) is 0 Å². The van der Waals surface area contributed by atoms with E-state index in [4.69, 9.17) is 5.41 Å².